The number of rotatable bonds is 8. The summed E-state index contributed by atoms with van der Waals surface area (Å²) in [4.78, 5) is 2.48. The largest absolute Gasteiger partial charge is 0.375 e. The highest BCUT2D eigenvalue weighted by Crippen LogP contribution is 2.18. The predicted octanol–water partition coefficient (Wildman–Crippen LogP) is 7.82. The first kappa shape index (κ1) is 24.8. The first-order valence-corrected chi connectivity index (χ1v) is 10.6. The summed E-state index contributed by atoms with van der Waals surface area (Å²) in [5.74, 6) is 1.00. The first-order chi connectivity index (χ1) is 11.2. The van der Waals surface area contributed by atoms with Crippen LogP contribution in [0.2, 0.25) is 0 Å². The molecule has 1 nitrogen and oxygen atoms in total. The Morgan fingerprint density at radius 2 is 1.52 bits per heavy atom. The Labute approximate surface area is 148 Å². The molecular formula is C22H47N. The molecule has 0 saturated carbocycles. The van der Waals surface area contributed by atoms with Gasteiger partial charge in [0, 0.05) is 18.8 Å². The van der Waals surface area contributed by atoms with Gasteiger partial charge in [0.25, 0.3) is 0 Å². The van der Waals surface area contributed by atoms with Gasteiger partial charge in [-0.15, -0.1) is 0 Å². The van der Waals surface area contributed by atoms with Crippen LogP contribution in [0.5, 0.6) is 0 Å². The lowest BCUT2D eigenvalue weighted by Gasteiger charge is -2.24. The van der Waals surface area contributed by atoms with E-state index in [1.165, 1.54) is 89.4 Å². The van der Waals surface area contributed by atoms with Crippen molar-refractivity contribution in [2.24, 2.45) is 5.92 Å². The van der Waals surface area contributed by atoms with Crippen molar-refractivity contribution in [3.8, 4) is 0 Å². The number of nitrogens with zero attached hydrogens (tertiary/aromatic N) is 1. The Kier molecular flexibility index (Phi) is 21.1. The topological polar surface area (TPSA) is 3.24 Å². The quantitative estimate of drug-likeness (QED) is 0.439. The number of likely N-dealkylation sites (tertiary alicyclic amines) is 1. The van der Waals surface area contributed by atoms with E-state index in [4.69, 9.17) is 0 Å². The molecule has 1 heterocycles. The molecule has 1 rings (SSSR count). The smallest absolute Gasteiger partial charge is 0.0174 e. The van der Waals surface area contributed by atoms with Crippen LogP contribution in [0.3, 0.4) is 0 Å². The SMILES string of the molecule is C=C1CCCCCN1CCCC.CC.CCCCC(CC)CC. The second-order valence-electron chi connectivity index (χ2n) is 6.54. The summed E-state index contributed by atoms with van der Waals surface area (Å²) in [5, 5.41) is 0. The van der Waals surface area contributed by atoms with Gasteiger partial charge in [0.1, 0.15) is 0 Å². The third-order valence-corrected chi connectivity index (χ3v) is 4.74. The summed E-state index contributed by atoms with van der Waals surface area (Å²) >= 11 is 0. The molecule has 0 unspecified atom stereocenters. The molecule has 0 aromatic heterocycles. The van der Waals surface area contributed by atoms with Gasteiger partial charge in [-0.05, 0) is 31.6 Å². The van der Waals surface area contributed by atoms with Crippen LogP contribution < -0.4 is 0 Å². The Hall–Kier alpha value is -0.460. The minimum atomic E-state index is 1.00. The molecule has 0 spiro atoms. The van der Waals surface area contributed by atoms with Crippen molar-refractivity contribution in [3.05, 3.63) is 12.3 Å². The van der Waals surface area contributed by atoms with Crippen molar-refractivity contribution in [3.63, 3.8) is 0 Å². The van der Waals surface area contributed by atoms with E-state index in [1.54, 1.807) is 0 Å². The molecule has 23 heavy (non-hydrogen) atoms. The van der Waals surface area contributed by atoms with Gasteiger partial charge < -0.3 is 4.90 Å². The van der Waals surface area contributed by atoms with Gasteiger partial charge in [0.15, 0.2) is 0 Å². The summed E-state index contributed by atoms with van der Waals surface area (Å²) in [6.07, 6.45) is 14.9. The van der Waals surface area contributed by atoms with Gasteiger partial charge in [0.2, 0.25) is 0 Å². The van der Waals surface area contributed by atoms with Crippen LogP contribution in [0.1, 0.15) is 112 Å². The van der Waals surface area contributed by atoms with Gasteiger partial charge in [-0.2, -0.15) is 0 Å². The van der Waals surface area contributed by atoms with Crippen LogP contribution in [0, 0.1) is 5.92 Å². The minimum Gasteiger partial charge on any atom is -0.375 e. The lowest BCUT2D eigenvalue weighted by molar-refractivity contribution is 0.339. The molecular weight excluding hydrogens is 278 g/mol. The molecule has 1 fully saturated rings. The fraction of sp³-hybridized carbons (Fsp3) is 0.909. The second kappa shape index (κ2) is 19.6. The zero-order valence-electron chi connectivity index (χ0n) is 17.4. The molecule has 1 aliphatic heterocycles. The molecule has 0 aromatic carbocycles. The fourth-order valence-corrected chi connectivity index (χ4v) is 2.93. The molecule has 0 amide bonds. The molecule has 0 atom stereocenters. The van der Waals surface area contributed by atoms with Gasteiger partial charge >= 0.3 is 0 Å². The van der Waals surface area contributed by atoms with E-state index in [0.717, 1.165) is 5.92 Å². The zero-order valence-corrected chi connectivity index (χ0v) is 17.4. The summed E-state index contributed by atoms with van der Waals surface area (Å²) in [6, 6.07) is 0. The first-order valence-electron chi connectivity index (χ1n) is 10.6. The number of allylic oxidation sites excluding steroid dienone is 1. The number of unbranched alkanes of at least 4 members (excludes halogenated alkanes) is 2. The zero-order chi connectivity index (χ0) is 17.9. The van der Waals surface area contributed by atoms with E-state index in [2.05, 4.69) is 39.2 Å². The van der Waals surface area contributed by atoms with Crippen LogP contribution in [-0.4, -0.2) is 18.0 Å². The van der Waals surface area contributed by atoms with Crippen molar-refractivity contribution in [1.82, 2.24) is 4.90 Å². The van der Waals surface area contributed by atoms with Gasteiger partial charge in [-0.3, -0.25) is 0 Å². The highest BCUT2D eigenvalue weighted by molar-refractivity contribution is 4.95. The molecule has 0 aliphatic carbocycles. The Morgan fingerprint density at radius 1 is 0.913 bits per heavy atom. The molecule has 0 bridgehead atoms. The number of hydrogen-bond acceptors (Lipinski definition) is 1. The van der Waals surface area contributed by atoms with E-state index in [9.17, 15) is 0 Å². The van der Waals surface area contributed by atoms with Crippen LogP contribution in [0.25, 0.3) is 0 Å². The van der Waals surface area contributed by atoms with Crippen molar-refractivity contribution in [2.75, 3.05) is 13.1 Å². The maximum absolute atomic E-state index is 4.13. The summed E-state index contributed by atoms with van der Waals surface area (Å²) in [5.41, 5.74) is 1.38. The summed E-state index contributed by atoms with van der Waals surface area (Å²) < 4.78 is 0. The summed E-state index contributed by atoms with van der Waals surface area (Å²) in [6.45, 7) is 19.7. The molecule has 0 radical (unpaired) electrons. The van der Waals surface area contributed by atoms with E-state index in [1.807, 2.05) is 13.8 Å². The molecule has 0 N–H and O–H groups in total. The third-order valence-electron chi connectivity index (χ3n) is 4.74. The van der Waals surface area contributed by atoms with E-state index < -0.39 is 0 Å². The second-order valence-corrected chi connectivity index (χ2v) is 6.54. The van der Waals surface area contributed by atoms with Gasteiger partial charge in [-0.1, -0.05) is 93.1 Å². The normalized spacial score (nSPS) is 14.6. The van der Waals surface area contributed by atoms with Crippen molar-refractivity contribution in [1.29, 1.82) is 0 Å². The molecule has 1 heteroatoms. The monoisotopic (exact) mass is 325 g/mol. The Balaban J connectivity index is 0. The van der Waals surface area contributed by atoms with Gasteiger partial charge in [0.05, 0.1) is 0 Å². The van der Waals surface area contributed by atoms with Crippen LogP contribution in [0.4, 0.5) is 0 Å². The third kappa shape index (κ3) is 14.8. The molecule has 1 aliphatic rings. The van der Waals surface area contributed by atoms with E-state index in [-0.39, 0.29) is 0 Å². The standard InChI is InChI=1S/C11H21N.C9H20.C2H6/c1-3-4-9-12-10-7-5-6-8-11(12)2;1-4-7-8-9(5-2)6-3;1-2/h2-10H2,1H3;9H,4-8H2,1-3H3;1-2H3. The van der Waals surface area contributed by atoms with E-state index in [0.29, 0.717) is 0 Å². The maximum atomic E-state index is 4.13. The average Bonchev–Trinajstić information content (AvgIpc) is 2.81. The highest BCUT2D eigenvalue weighted by Gasteiger charge is 2.10. The van der Waals surface area contributed by atoms with Crippen molar-refractivity contribution < 1.29 is 0 Å². The van der Waals surface area contributed by atoms with Gasteiger partial charge in [-0.25, -0.2) is 0 Å². The van der Waals surface area contributed by atoms with Crippen molar-refractivity contribution >= 4 is 0 Å². The van der Waals surface area contributed by atoms with Crippen LogP contribution >= 0.6 is 0 Å². The molecule has 140 valence electrons. The van der Waals surface area contributed by atoms with Crippen LogP contribution in [-0.2, 0) is 0 Å². The fourth-order valence-electron chi connectivity index (χ4n) is 2.93. The number of hydrogen-bond donors (Lipinski definition) is 0. The lowest BCUT2D eigenvalue weighted by atomic mass is 9.97. The minimum absolute atomic E-state index is 1.00. The Bertz CT molecular complexity index is 230. The predicted molar refractivity (Wildman–Crippen MR) is 109 cm³/mol. The Morgan fingerprint density at radius 3 is 2.04 bits per heavy atom. The van der Waals surface area contributed by atoms with Crippen LogP contribution in [0.15, 0.2) is 12.3 Å². The lowest BCUT2D eigenvalue weighted by Crippen LogP contribution is -2.23. The average molecular weight is 326 g/mol. The highest BCUT2D eigenvalue weighted by atomic mass is 15.1. The van der Waals surface area contributed by atoms with Crippen molar-refractivity contribution in [2.45, 2.75) is 112 Å². The summed E-state index contributed by atoms with van der Waals surface area (Å²) in [7, 11) is 0. The molecule has 1 saturated heterocycles. The molecule has 0 aromatic rings. The van der Waals surface area contributed by atoms with E-state index >= 15 is 0 Å². The maximum Gasteiger partial charge on any atom is 0.0174 e.